The van der Waals surface area contributed by atoms with Crippen LogP contribution in [0, 0.1) is 11.8 Å². The van der Waals surface area contributed by atoms with Crippen molar-refractivity contribution in [1.29, 1.82) is 0 Å². The van der Waals surface area contributed by atoms with E-state index in [2.05, 4.69) is 20.9 Å². The largest absolute Gasteiger partial charge is 0.444 e. The number of alkyl carbamates (subject to hydrolysis) is 1. The average molecular weight is 541 g/mol. The second-order valence-electron chi connectivity index (χ2n) is 11.4. The van der Waals surface area contributed by atoms with Crippen LogP contribution in [0.2, 0.25) is 5.02 Å². The molecule has 9 heteroatoms. The average Bonchev–Trinajstić information content (AvgIpc) is 3.68. The topological polar surface area (TPSA) is 109 Å². The molecule has 0 bridgehead atoms. The summed E-state index contributed by atoms with van der Waals surface area (Å²) in [5.41, 5.74) is 0.516. The second-order valence-corrected chi connectivity index (χ2v) is 11.8. The van der Waals surface area contributed by atoms with Crippen molar-refractivity contribution in [2.45, 2.75) is 76.4 Å². The van der Waals surface area contributed by atoms with E-state index in [1.54, 1.807) is 36.7 Å². The van der Waals surface area contributed by atoms with Crippen molar-refractivity contribution in [3.05, 3.63) is 59.4 Å². The van der Waals surface area contributed by atoms with Crippen molar-refractivity contribution in [1.82, 2.24) is 15.6 Å². The minimum absolute atomic E-state index is 0.00163. The zero-order valence-electron chi connectivity index (χ0n) is 22.3. The van der Waals surface area contributed by atoms with Crippen LogP contribution in [-0.4, -0.2) is 41.1 Å². The molecule has 2 saturated carbocycles. The van der Waals surface area contributed by atoms with Crippen LogP contribution in [0.1, 0.15) is 64.9 Å². The highest BCUT2D eigenvalue weighted by molar-refractivity contribution is 6.30. The van der Waals surface area contributed by atoms with Gasteiger partial charge in [0.2, 0.25) is 11.8 Å². The fraction of sp³-hybridized carbons (Fsp3) is 0.517. The Labute approximate surface area is 229 Å². The van der Waals surface area contributed by atoms with E-state index in [9.17, 15) is 14.4 Å². The highest BCUT2D eigenvalue weighted by atomic mass is 35.5. The Morgan fingerprint density at radius 3 is 2.24 bits per heavy atom. The lowest BCUT2D eigenvalue weighted by molar-refractivity contribution is -0.123. The Balaban J connectivity index is 1.37. The number of ether oxygens (including phenoxy) is 1. The van der Waals surface area contributed by atoms with Gasteiger partial charge in [0, 0.05) is 35.6 Å². The molecule has 0 aliphatic heterocycles. The normalized spacial score (nSPS) is 21.1. The smallest absolute Gasteiger partial charge is 0.407 e. The van der Waals surface area contributed by atoms with E-state index in [1.165, 1.54) is 0 Å². The van der Waals surface area contributed by atoms with Crippen molar-refractivity contribution in [3.8, 4) is 0 Å². The van der Waals surface area contributed by atoms with Crippen molar-refractivity contribution in [2.75, 3.05) is 11.9 Å². The lowest BCUT2D eigenvalue weighted by atomic mass is 9.78. The van der Waals surface area contributed by atoms with Crippen LogP contribution >= 0.6 is 11.6 Å². The third-order valence-electron chi connectivity index (χ3n) is 7.43. The van der Waals surface area contributed by atoms with Gasteiger partial charge in [-0.3, -0.25) is 14.6 Å². The van der Waals surface area contributed by atoms with Crippen molar-refractivity contribution < 1.29 is 19.1 Å². The number of hydrogen-bond acceptors (Lipinski definition) is 5. The van der Waals surface area contributed by atoms with Crippen LogP contribution in [0.25, 0.3) is 0 Å². The van der Waals surface area contributed by atoms with Gasteiger partial charge in [0.15, 0.2) is 0 Å². The van der Waals surface area contributed by atoms with Gasteiger partial charge in [-0.1, -0.05) is 23.7 Å². The number of nitrogens with zero attached hydrogens (tertiary/aromatic N) is 1. The lowest BCUT2D eigenvalue weighted by Crippen LogP contribution is -2.51. The maximum Gasteiger partial charge on any atom is 0.407 e. The van der Waals surface area contributed by atoms with E-state index in [-0.39, 0.29) is 29.7 Å². The third-order valence-corrected chi connectivity index (χ3v) is 7.68. The summed E-state index contributed by atoms with van der Waals surface area (Å²) >= 11 is 6.03. The molecule has 1 aromatic heterocycles. The van der Waals surface area contributed by atoms with E-state index in [0.717, 1.165) is 36.9 Å². The number of pyridine rings is 1. The van der Waals surface area contributed by atoms with Gasteiger partial charge in [0.05, 0.1) is 11.5 Å². The van der Waals surface area contributed by atoms with E-state index in [4.69, 9.17) is 16.3 Å². The number of benzene rings is 1. The van der Waals surface area contributed by atoms with Crippen LogP contribution in [0.4, 0.5) is 10.5 Å². The van der Waals surface area contributed by atoms with Gasteiger partial charge in [-0.15, -0.1) is 0 Å². The zero-order valence-corrected chi connectivity index (χ0v) is 23.0. The summed E-state index contributed by atoms with van der Waals surface area (Å²) in [6.07, 6.45) is 7.27. The predicted octanol–water partition coefficient (Wildman–Crippen LogP) is 5.22. The summed E-state index contributed by atoms with van der Waals surface area (Å²) in [6.45, 7) is 5.75. The quantitative estimate of drug-likeness (QED) is 0.425. The first-order chi connectivity index (χ1) is 18.1. The van der Waals surface area contributed by atoms with Crippen LogP contribution in [0.15, 0.2) is 48.8 Å². The maximum absolute atomic E-state index is 13.3. The van der Waals surface area contributed by atoms with Gasteiger partial charge in [0.25, 0.3) is 0 Å². The molecular formula is C29H37ClN4O4. The molecule has 3 N–H and O–H groups in total. The molecule has 3 amide bonds. The fourth-order valence-electron chi connectivity index (χ4n) is 5.17. The number of carbonyl (C=O) groups is 3. The summed E-state index contributed by atoms with van der Waals surface area (Å²) in [5.74, 6) is -0.0335. The maximum atomic E-state index is 13.3. The van der Waals surface area contributed by atoms with E-state index >= 15 is 0 Å². The number of aromatic nitrogens is 1. The first kappa shape index (κ1) is 27.9. The monoisotopic (exact) mass is 540 g/mol. The molecule has 2 aromatic rings. The SMILES string of the molecule is CC(C)(C)OC(=O)NC(CNC(=O)C1(c2ccc(Cl)cc2)CC1)C1CCC(C(=O)Nc2ccncc2)CC1. The molecule has 0 radical (unpaired) electrons. The molecule has 4 rings (SSSR count). The first-order valence-electron chi connectivity index (χ1n) is 13.3. The Bertz CT molecular complexity index is 1120. The predicted molar refractivity (Wildman–Crippen MR) is 147 cm³/mol. The standard InChI is InChI=1S/C29H37ClN4O4/c1-28(2,3)38-27(37)34-24(18-32-26(36)29(14-15-29)21-8-10-22(30)11-9-21)19-4-6-20(7-5-19)25(35)33-23-12-16-31-17-13-23/h8-13,16-17,19-20,24H,4-7,14-15,18H2,1-3H3,(H,32,36)(H,34,37)(H,31,33,35). The molecule has 2 aliphatic rings. The number of hydrogen-bond donors (Lipinski definition) is 3. The summed E-state index contributed by atoms with van der Waals surface area (Å²) in [7, 11) is 0. The number of anilines is 1. The molecule has 1 heterocycles. The molecule has 2 aliphatic carbocycles. The first-order valence-corrected chi connectivity index (χ1v) is 13.7. The molecule has 204 valence electrons. The van der Waals surface area contributed by atoms with Gasteiger partial charge < -0.3 is 20.7 Å². The molecule has 38 heavy (non-hydrogen) atoms. The molecule has 1 unspecified atom stereocenters. The molecular weight excluding hydrogens is 504 g/mol. The van der Waals surface area contributed by atoms with Crippen molar-refractivity contribution in [2.24, 2.45) is 11.8 Å². The van der Waals surface area contributed by atoms with Crippen molar-refractivity contribution >= 4 is 35.2 Å². The van der Waals surface area contributed by atoms with Crippen LogP contribution in [0.3, 0.4) is 0 Å². The van der Waals surface area contributed by atoms with Crippen LogP contribution in [-0.2, 0) is 19.7 Å². The Morgan fingerprint density at radius 2 is 1.66 bits per heavy atom. The number of halogens is 1. The minimum Gasteiger partial charge on any atom is -0.444 e. The molecule has 8 nitrogen and oxygen atoms in total. The van der Waals surface area contributed by atoms with E-state index in [0.29, 0.717) is 24.4 Å². The van der Waals surface area contributed by atoms with Gasteiger partial charge in [-0.2, -0.15) is 0 Å². The summed E-state index contributed by atoms with van der Waals surface area (Å²) in [5, 5.41) is 9.70. The van der Waals surface area contributed by atoms with Gasteiger partial charge in [-0.05, 0) is 95.0 Å². The molecule has 1 aromatic carbocycles. The number of nitrogens with one attached hydrogen (secondary N) is 3. The minimum atomic E-state index is -0.632. The highest BCUT2D eigenvalue weighted by Gasteiger charge is 2.51. The summed E-state index contributed by atoms with van der Waals surface area (Å²) < 4.78 is 5.51. The molecule has 1 atom stereocenters. The number of carbonyl (C=O) groups excluding carboxylic acids is 3. The van der Waals surface area contributed by atoms with Crippen LogP contribution in [0.5, 0.6) is 0 Å². The van der Waals surface area contributed by atoms with Gasteiger partial charge in [0.1, 0.15) is 5.60 Å². The van der Waals surface area contributed by atoms with E-state index in [1.807, 2.05) is 32.9 Å². The van der Waals surface area contributed by atoms with Crippen molar-refractivity contribution in [3.63, 3.8) is 0 Å². The Morgan fingerprint density at radius 1 is 1.03 bits per heavy atom. The number of amides is 3. The number of rotatable bonds is 8. The molecule has 0 spiro atoms. The Hall–Kier alpha value is -3.13. The molecule has 0 saturated heterocycles. The van der Waals surface area contributed by atoms with Gasteiger partial charge >= 0.3 is 6.09 Å². The lowest BCUT2D eigenvalue weighted by Gasteiger charge is -2.34. The summed E-state index contributed by atoms with van der Waals surface area (Å²) in [4.78, 5) is 42.7. The molecule has 2 fully saturated rings. The van der Waals surface area contributed by atoms with Crippen LogP contribution < -0.4 is 16.0 Å². The zero-order chi connectivity index (χ0) is 27.3. The van der Waals surface area contributed by atoms with E-state index < -0.39 is 17.1 Å². The second kappa shape index (κ2) is 11.7. The third kappa shape index (κ3) is 7.25. The summed E-state index contributed by atoms with van der Waals surface area (Å²) in [6, 6.07) is 10.7. The highest BCUT2D eigenvalue weighted by Crippen LogP contribution is 2.48. The fourth-order valence-corrected chi connectivity index (χ4v) is 5.30. The van der Waals surface area contributed by atoms with Gasteiger partial charge in [-0.25, -0.2) is 4.79 Å². The Kier molecular flexibility index (Phi) is 8.61.